The monoisotopic (exact) mass is 291 g/mol. The van der Waals surface area contributed by atoms with Crippen molar-refractivity contribution in [3.8, 4) is 11.1 Å². The van der Waals surface area contributed by atoms with Crippen molar-refractivity contribution in [2.24, 2.45) is 0 Å². The van der Waals surface area contributed by atoms with Gasteiger partial charge in [0.1, 0.15) is 6.61 Å². The molecule has 1 aromatic carbocycles. The van der Waals surface area contributed by atoms with E-state index in [0.717, 1.165) is 11.1 Å². The molecule has 0 aliphatic carbocycles. The fourth-order valence-corrected chi connectivity index (χ4v) is 2.50. The quantitative estimate of drug-likeness (QED) is 0.858. The predicted octanol–water partition coefficient (Wildman–Crippen LogP) is 2.21. The van der Waals surface area contributed by atoms with Crippen molar-refractivity contribution in [1.82, 2.24) is 5.32 Å². The summed E-state index contributed by atoms with van der Waals surface area (Å²) in [5, 5.41) is 16.7. The Balaban J connectivity index is 1.94. The van der Waals surface area contributed by atoms with E-state index in [0.29, 0.717) is 0 Å². The highest BCUT2D eigenvalue weighted by Gasteiger charge is 2.09. The number of hydrogen-bond donors (Lipinski definition) is 2. The van der Waals surface area contributed by atoms with E-state index in [1.54, 1.807) is 11.3 Å². The summed E-state index contributed by atoms with van der Waals surface area (Å²) in [6, 6.07) is 9.75. The van der Waals surface area contributed by atoms with Gasteiger partial charge < -0.3 is 15.2 Å². The molecule has 1 aromatic heterocycles. The van der Waals surface area contributed by atoms with Crippen LogP contribution in [0.1, 0.15) is 11.7 Å². The number of carbonyl (C=O) groups is 1. The zero-order valence-corrected chi connectivity index (χ0v) is 12.0. The van der Waals surface area contributed by atoms with Crippen molar-refractivity contribution in [2.45, 2.75) is 6.10 Å². The van der Waals surface area contributed by atoms with Crippen LogP contribution in [-0.2, 0) is 9.53 Å². The lowest BCUT2D eigenvalue weighted by Crippen LogP contribution is -2.31. The summed E-state index contributed by atoms with van der Waals surface area (Å²) in [4.78, 5) is 11.2. The number of rotatable bonds is 6. The largest absolute Gasteiger partial charge is 0.387 e. The number of thiophene rings is 1. The number of ether oxygens (including phenoxy) is 1. The lowest BCUT2D eigenvalue weighted by Gasteiger charge is -2.12. The van der Waals surface area contributed by atoms with Crippen LogP contribution in [-0.4, -0.2) is 31.3 Å². The van der Waals surface area contributed by atoms with Gasteiger partial charge in [-0.1, -0.05) is 24.3 Å². The number of amides is 1. The van der Waals surface area contributed by atoms with Gasteiger partial charge in [0.25, 0.3) is 0 Å². The molecule has 0 aliphatic rings. The molecule has 1 atom stereocenters. The molecule has 106 valence electrons. The van der Waals surface area contributed by atoms with E-state index < -0.39 is 6.10 Å². The second-order valence-corrected chi connectivity index (χ2v) is 5.17. The van der Waals surface area contributed by atoms with Crippen molar-refractivity contribution in [3.63, 3.8) is 0 Å². The maximum atomic E-state index is 11.2. The van der Waals surface area contributed by atoms with Crippen LogP contribution in [0.5, 0.6) is 0 Å². The lowest BCUT2D eigenvalue weighted by atomic mass is 10.0. The summed E-state index contributed by atoms with van der Waals surface area (Å²) >= 11 is 1.65. The molecule has 0 fully saturated rings. The summed E-state index contributed by atoms with van der Waals surface area (Å²) in [7, 11) is 1.46. The SMILES string of the molecule is COCC(=O)NC[C@H](O)c1ccc(-c2ccsc2)cc1. The van der Waals surface area contributed by atoms with Crippen molar-refractivity contribution >= 4 is 17.2 Å². The predicted molar refractivity (Wildman–Crippen MR) is 79.6 cm³/mol. The number of aliphatic hydroxyl groups is 1. The molecule has 1 heterocycles. The third-order valence-corrected chi connectivity index (χ3v) is 3.60. The van der Waals surface area contributed by atoms with Crippen LogP contribution in [0.4, 0.5) is 0 Å². The molecule has 0 saturated carbocycles. The van der Waals surface area contributed by atoms with Gasteiger partial charge in [0.15, 0.2) is 0 Å². The first kappa shape index (κ1) is 14.7. The van der Waals surface area contributed by atoms with Crippen LogP contribution >= 0.6 is 11.3 Å². The highest BCUT2D eigenvalue weighted by atomic mass is 32.1. The molecule has 2 aromatic rings. The van der Waals surface area contributed by atoms with E-state index in [9.17, 15) is 9.90 Å². The van der Waals surface area contributed by atoms with Crippen LogP contribution in [0.3, 0.4) is 0 Å². The number of carbonyl (C=O) groups excluding carboxylic acids is 1. The van der Waals surface area contributed by atoms with Crippen molar-refractivity contribution in [1.29, 1.82) is 0 Å². The summed E-state index contributed by atoms with van der Waals surface area (Å²) in [5.74, 6) is -0.235. The van der Waals surface area contributed by atoms with Gasteiger partial charge in [-0.25, -0.2) is 0 Å². The molecule has 0 bridgehead atoms. The molecular formula is C15H17NO3S. The van der Waals surface area contributed by atoms with E-state index in [4.69, 9.17) is 4.74 Å². The summed E-state index contributed by atoms with van der Waals surface area (Å²) in [6.07, 6.45) is -0.715. The zero-order chi connectivity index (χ0) is 14.4. The fourth-order valence-electron chi connectivity index (χ4n) is 1.84. The fraction of sp³-hybridized carbons (Fsp3) is 0.267. The van der Waals surface area contributed by atoms with Crippen LogP contribution in [0.2, 0.25) is 0 Å². The maximum Gasteiger partial charge on any atom is 0.246 e. The van der Waals surface area contributed by atoms with Crippen molar-refractivity contribution < 1.29 is 14.6 Å². The third kappa shape index (κ3) is 3.90. The first-order valence-corrected chi connectivity index (χ1v) is 7.21. The van der Waals surface area contributed by atoms with Gasteiger partial charge in [0, 0.05) is 13.7 Å². The lowest BCUT2D eigenvalue weighted by molar-refractivity contribution is -0.125. The Morgan fingerprint density at radius 1 is 1.30 bits per heavy atom. The highest BCUT2D eigenvalue weighted by molar-refractivity contribution is 7.08. The smallest absolute Gasteiger partial charge is 0.246 e. The van der Waals surface area contributed by atoms with E-state index in [-0.39, 0.29) is 19.1 Å². The number of nitrogens with one attached hydrogen (secondary N) is 1. The minimum absolute atomic E-state index is 0.00378. The van der Waals surface area contributed by atoms with Gasteiger partial charge in [-0.05, 0) is 33.5 Å². The Labute approximate surface area is 122 Å². The third-order valence-electron chi connectivity index (χ3n) is 2.92. The van der Waals surface area contributed by atoms with Crippen molar-refractivity contribution in [2.75, 3.05) is 20.3 Å². The zero-order valence-electron chi connectivity index (χ0n) is 11.2. The Hall–Kier alpha value is -1.69. The van der Waals surface area contributed by atoms with E-state index >= 15 is 0 Å². The summed E-state index contributed by atoms with van der Waals surface area (Å²) in [6.45, 7) is 0.184. The van der Waals surface area contributed by atoms with Gasteiger partial charge in [-0.15, -0.1) is 0 Å². The van der Waals surface area contributed by atoms with E-state index in [1.807, 2.05) is 29.6 Å². The molecular weight excluding hydrogens is 274 g/mol. The highest BCUT2D eigenvalue weighted by Crippen LogP contribution is 2.23. The van der Waals surface area contributed by atoms with Gasteiger partial charge in [-0.3, -0.25) is 4.79 Å². The Morgan fingerprint density at radius 3 is 2.65 bits per heavy atom. The average molecular weight is 291 g/mol. The van der Waals surface area contributed by atoms with Gasteiger partial charge in [0.2, 0.25) is 5.91 Å². The molecule has 5 heteroatoms. The molecule has 1 amide bonds. The van der Waals surface area contributed by atoms with Crippen LogP contribution in [0.15, 0.2) is 41.1 Å². The molecule has 0 radical (unpaired) electrons. The second-order valence-electron chi connectivity index (χ2n) is 4.39. The molecule has 0 aliphatic heterocycles. The minimum Gasteiger partial charge on any atom is -0.387 e. The maximum absolute atomic E-state index is 11.2. The van der Waals surface area contributed by atoms with Crippen molar-refractivity contribution in [3.05, 3.63) is 46.7 Å². The number of hydrogen-bond acceptors (Lipinski definition) is 4. The van der Waals surface area contributed by atoms with Crippen LogP contribution < -0.4 is 5.32 Å². The molecule has 4 nitrogen and oxygen atoms in total. The molecule has 0 saturated heterocycles. The van der Waals surface area contributed by atoms with Gasteiger partial charge in [-0.2, -0.15) is 11.3 Å². The minimum atomic E-state index is -0.715. The molecule has 2 N–H and O–H groups in total. The first-order valence-electron chi connectivity index (χ1n) is 6.27. The summed E-state index contributed by atoms with van der Waals surface area (Å²) < 4.78 is 4.71. The second kappa shape index (κ2) is 7.19. The molecule has 2 rings (SSSR count). The average Bonchev–Trinajstić information content (AvgIpc) is 2.99. The van der Waals surface area contributed by atoms with Gasteiger partial charge in [0.05, 0.1) is 6.10 Å². The molecule has 20 heavy (non-hydrogen) atoms. The first-order chi connectivity index (χ1) is 9.70. The Bertz CT molecular complexity index is 537. The number of aliphatic hydroxyl groups excluding tert-OH is 1. The Morgan fingerprint density at radius 2 is 2.05 bits per heavy atom. The standard InChI is InChI=1S/C15H17NO3S/c1-19-9-15(18)16-8-14(17)12-4-2-11(3-5-12)13-6-7-20-10-13/h2-7,10,14,17H,8-9H2,1H3,(H,16,18)/t14-/m0/s1. The van der Waals surface area contributed by atoms with E-state index in [2.05, 4.69) is 16.8 Å². The number of methoxy groups -OCH3 is 1. The topological polar surface area (TPSA) is 58.6 Å². The molecule has 0 spiro atoms. The molecule has 0 unspecified atom stereocenters. The number of benzene rings is 1. The van der Waals surface area contributed by atoms with Crippen LogP contribution in [0, 0.1) is 0 Å². The summed E-state index contributed by atoms with van der Waals surface area (Å²) in [5.41, 5.74) is 3.07. The van der Waals surface area contributed by atoms with E-state index in [1.165, 1.54) is 12.7 Å². The van der Waals surface area contributed by atoms with Crippen LogP contribution in [0.25, 0.3) is 11.1 Å². The normalized spacial score (nSPS) is 12.1. The Kier molecular flexibility index (Phi) is 5.29. The van der Waals surface area contributed by atoms with Gasteiger partial charge >= 0.3 is 0 Å².